The summed E-state index contributed by atoms with van der Waals surface area (Å²) in [5.74, 6) is 0.000105. The molecule has 4 heteroatoms. The quantitative estimate of drug-likeness (QED) is 0.647. The van der Waals surface area contributed by atoms with Crippen molar-refractivity contribution in [1.29, 1.82) is 0 Å². The Kier molecular flexibility index (Phi) is 7.52. The summed E-state index contributed by atoms with van der Waals surface area (Å²) in [5.41, 5.74) is 0. The van der Waals surface area contributed by atoms with Gasteiger partial charge in [-0.3, -0.25) is 9.69 Å². The van der Waals surface area contributed by atoms with Gasteiger partial charge in [0.25, 0.3) is 0 Å². The Labute approximate surface area is 123 Å². The van der Waals surface area contributed by atoms with Crippen molar-refractivity contribution in [2.45, 2.75) is 77.9 Å². The molecule has 0 saturated heterocycles. The van der Waals surface area contributed by atoms with E-state index < -0.39 is 5.97 Å². The number of rotatable bonds is 10. The second kappa shape index (κ2) is 8.63. The first-order chi connectivity index (χ1) is 9.47. The Morgan fingerprint density at radius 2 is 2.00 bits per heavy atom. The van der Waals surface area contributed by atoms with Gasteiger partial charge in [0.2, 0.25) is 0 Å². The van der Waals surface area contributed by atoms with Gasteiger partial charge in [-0.1, -0.05) is 33.6 Å². The zero-order valence-corrected chi connectivity index (χ0v) is 13.6. The molecule has 1 aliphatic carbocycles. The molecule has 0 radical (unpaired) electrons. The van der Waals surface area contributed by atoms with Crippen LogP contribution in [-0.2, 0) is 4.79 Å². The van der Waals surface area contributed by atoms with E-state index in [1.165, 1.54) is 19.3 Å². The molecule has 1 saturated carbocycles. The topological polar surface area (TPSA) is 52.6 Å². The fraction of sp³-hybridized carbons (Fsp3) is 0.938. The lowest BCUT2D eigenvalue weighted by atomic mass is 9.84. The van der Waals surface area contributed by atoms with Crippen LogP contribution in [0.2, 0.25) is 0 Å². The summed E-state index contributed by atoms with van der Waals surface area (Å²) in [4.78, 5) is 12.9. The van der Waals surface area contributed by atoms with Gasteiger partial charge in [-0.2, -0.15) is 0 Å². The maximum Gasteiger partial charge on any atom is 0.317 e. The summed E-state index contributed by atoms with van der Waals surface area (Å²) >= 11 is 0. The van der Waals surface area contributed by atoms with E-state index in [0.717, 1.165) is 25.3 Å². The highest BCUT2D eigenvalue weighted by atomic mass is 16.4. The first-order valence-corrected chi connectivity index (χ1v) is 8.19. The standard InChI is InChI=1S/C16H32N2O2/c1-5-7-8-12(3)13(4)17-14-9-15(10-14)18(6-2)11-16(19)20/h12-15,17H,5-11H2,1-4H3,(H,19,20). The average Bonchev–Trinajstić information content (AvgIpc) is 2.36. The van der Waals surface area contributed by atoms with Gasteiger partial charge in [-0.15, -0.1) is 0 Å². The van der Waals surface area contributed by atoms with E-state index in [1.807, 2.05) is 6.92 Å². The Morgan fingerprint density at radius 3 is 2.50 bits per heavy atom. The molecule has 2 atom stereocenters. The molecule has 1 rings (SSSR count). The van der Waals surface area contributed by atoms with Crippen LogP contribution in [-0.4, -0.2) is 47.2 Å². The molecule has 118 valence electrons. The number of nitrogens with zero attached hydrogens (tertiary/aromatic N) is 1. The van der Waals surface area contributed by atoms with Gasteiger partial charge in [0, 0.05) is 18.1 Å². The van der Waals surface area contributed by atoms with Gasteiger partial charge in [-0.05, 0) is 38.6 Å². The van der Waals surface area contributed by atoms with Crippen LogP contribution in [0.3, 0.4) is 0 Å². The van der Waals surface area contributed by atoms with Gasteiger partial charge in [0.15, 0.2) is 0 Å². The highest BCUT2D eigenvalue weighted by Gasteiger charge is 2.34. The third-order valence-electron chi connectivity index (χ3n) is 4.74. The summed E-state index contributed by atoms with van der Waals surface area (Å²) in [6.07, 6.45) is 6.05. The predicted molar refractivity (Wildman–Crippen MR) is 83.0 cm³/mol. The summed E-state index contributed by atoms with van der Waals surface area (Å²) in [6.45, 7) is 9.89. The number of hydrogen-bond acceptors (Lipinski definition) is 3. The minimum absolute atomic E-state index is 0.177. The highest BCUT2D eigenvalue weighted by Crippen LogP contribution is 2.27. The zero-order chi connectivity index (χ0) is 15.1. The molecule has 0 spiro atoms. The average molecular weight is 284 g/mol. The van der Waals surface area contributed by atoms with Crippen LogP contribution >= 0.6 is 0 Å². The van der Waals surface area contributed by atoms with Crippen LogP contribution in [0.25, 0.3) is 0 Å². The Hall–Kier alpha value is -0.610. The SMILES string of the molecule is CCCCC(C)C(C)NC1CC(N(CC)CC(=O)O)C1. The first kappa shape index (κ1) is 17.4. The molecule has 0 bridgehead atoms. The zero-order valence-electron chi connectivity index (χ0n) is 13.6. The fourth-order valence-corrected chi connectivity index (χ4v) is 3.01. The van der Waals surface area contributed by atoms with E-state index in [9.17, 15) is 4.79 Å². The molecule has 2 N–H and O–H groups in total. The number of unbranched alkanes of at least 4 members (excludes halogenated alkanes) is 1. The van der Waals surface area contributed by atoms with Gasteiger partial charge in [0.05, 0.1) is 6.54 Å². The highest BCUT2D eigenvalue weighted by molar-refractivity contribution is 5.69. The summed E-state index contributed by atoms with van der Waals surface area (Å²) < 4.78 is 0. The van der Waals surface area contributed by atoms with Crippen molar-refractivity contribution < 1.29 is 9.90 Å². The van der Waals surface area contributed by atoms with Crippen LogP contribution in [0.5, 0.6) is 0 Å². The van der Waals surface area contributed by atoms with Crippen molar-refractivity contribution in [2.75, 3.05) is 13.1 Å². The number of likely N-dealkylation sites (N-methyl/N-ethyl adjacent to an activating group) is 1. The smallest absolute Gasteiger partial charge is 0.317 e. The van der Waals surface area contributed by atoms with E-state index >= 15 is 0 Å². The number of carboxylic acid groups (broad SMARTS) is 1. The van der Waals surface area contributed by atoms with Crippen molar-refractivity contribution in [2.24, 2.45) is 5.92 Å². The summed E-state index contributed by atoms with van der Waals surface area (Å²) in [5, 5.41) is 12.6. The van der Waals surface area contributed by atoms with Crippen molar-refractivity contribution in [3.63, 3.8) is 0 Å². The number of carbonyl (C=O) groups is 1. The number of aliphatic carboxylic acids is 1. The molecule has 0 heterocycles. The van der Waals surface area contributed by atoms with Crippen molar-refractivity contribution in [3.05, 3.63) is 0 Å². The second-order valence-corrected chi connectivity index (χ2v) is 6.35. The van der Waals surface area contributed by atoms with Gasteiger partial charge < -0.3 is 10.4 Å². The van der Waals surface area contributed by atoms with Crippen molar-refractivity contribution in [3.8, 4) is 0 Å². The minimum Gasteiger partial charge on any atom is -0.480 e. The van der Waals surface area contributed by atoms with Gasteiger partial charge in [0.1, 0.15) is 0 Å². The molecule has 2 unspecified atom stereocenters. The first-order valence-electron chi connectivity index (χ1n) is 8.19. The summed E-state index contributed by atoms with van der Waals surface area (Å²) in [7, 11) is 0. The van der Waals surface area contributed by atoms with Gasteiger partial charge >= 0.3 is 5.97 Å². The van der Waals surface area contributed by atoms with E-state index in [1.54, 1.807) is 0 Å². The number of nitrogens with one attached hydrogen (secondary N) is 1. The minimum atomic E-state index is -0.718. The van der Waals surface area contributed by atoms with Crippen molar-refractivity contribution >= 4 is 5.97 Å². The number of hydrogen-bond donors (Lipinski definition) is 2. The lowest BCUT2D eigenvalue weighted by Gasteiger charge is -2.44. The molecule has 0 aromatic carbocycles. The Morgan fingerprint density at radius 1 is 1.35 bits per heavy atom. The molecule has 1 fully saturated rings. The molecule has 1 aliphatic rings. The molecule has 0 aromatic heterocycles. The third-order valence-corrected chi connectivity index (χ3v) is 4.74. The maximum absolute atomic E-state index is 10.8. The molecule has 20 heavy (non-hydrogen) atoms. The molecular weight excluding hydrogens is 252 g/mol. The third kappa shape index (κ3) is 5.41. The monoisotopic (exact) mass is 284 g/mol. The predicted octanol–water partition coefficient (Wildman–Crippen LogP) is 2.73. The van der Waals surface area contributed by atoms with E-state index in [-0.39, 0.29) is 6.54 Å². The largest absolute Gasteiger partial charge is 0.480 e. The number of carboxylic acids is 1. The molecule has 0 amide bonds. The van der Waals surface area contributed by atoms with Crippen LogP contribution < -0.4 is 5.32 Å². The molecular formula is C16H32N2O2. The maximum atomic E-state index is 10.8. The van der Waals surface area contributed by atoms with E-state index in [4.69, 9.17) is 5.11 Å². The normalized spacial score (nSPS) is 25.2. The lowest BCUT2D eigenvalue weighted by Crippen LogP contribution is -2.56. The second-order valence-electron chi connectivity index (χ2n) is 6.35. The van der Waals surface area contributed by atoms with Gasteiger partial charge in [-0.25, -0.2) is 0 Å². The molecule has 0 aromatic rings. The van der Waals surface area contributed by atoms with Crippen LogP contribution in [0.1, 0.15) is 59.8 Å². The van der Waals surface area contributed by atoms with E-state index in [2.05, 4.69) is 31.0 Å². The van der Waals surface area contributed by atoms with Crippen molar-refractivity contribution in [1.82, 2.24) is 10.2 Å². The van der Waals surface area contributed by atoms with Crippen LogP contribution in [0.15, 0.2) is 0 Å². The van der Waals surface area contributed by atoms with Crippen LogP contribution in [0.4, 0.5) is 0 Å². The molecule has 4 nitrogen and oxygen atoms in total. The fourth-order valence-electron chi connectivity index (χ4n) is 3.01. The van der Waals surface area contributed by atoms with Crippen LogP contribution in [0, 0.1) is 5.92 Å². The summed E-state index contributed by atoms with van der Waals surface area (Å²) in [6, 6.07) is 1.58. The molecule has 0 aliphatic heterocycles. The van der Waals surface area contributed by atoms with E-state index in [0.29, 0.717) is 18.1 Å². The lowest BCUT2D eigenvalue weighted by molar-refractivity contribution is -0.139. The Bertz CT molecular complexity index is 290. The Balaban J connectivity index is 2.25.